The average molecular weight is 130 g/mol. The van der Waals surface area contributed by atoms with E-state index in [-0.39, 0.29) is 0 Å². The van der Waals surface area contributed by atoms with Gasteiger partial charge in [0, 0.05) is 12.5 Å². The summed E-state index contributed by atoms with van der Waals surface area (Å²) >= 11 is 0. The van der Waals surface area contributed by atoms with Crippen molar-refractivity contribution in [2.75, 3.05) is 19.8 Å². The van der Waals surface area contributed by atoms with Crippen molar-refractivity contribution in [2.45, 2.75) is 20.0 Å². The quantitative estimate of drug-likeness (QED) is 0.556. The van der Waals surface area contributed by atoms with Crippen LogP contribution in [0, 0.1) is 5.92 Å². The molecule has 54 valence electrons. The van der Waals surface area contributed by atoms with E-state index in [0.717, 1.165) is 19.8 Å². The molecule has 0 unspecified atom stereocenters. The summed E-state index contributed by atoms with van der Waals surface area (Å²) in [6.45, 7) is 6.64. The highest BCUT2D eigenvalue weighted by atomic mass is 16.5. The van der Waals surface area contributed by atoms with Crippen molar-refractivity contribution in [3.8, 4) is 0 Å². The average Bonchev–Trinajstić information content (AvgIpc) is 2.18. The molecule has 0 aromatic carbocycles. The monoisotopic (exact) mass is 130 g/mol. The first-order valence-corrected chi connectivity index (χ1v) is 3.54. The molecule has 0 spiro atoms. The molecule has 0 aromatic heterocycles. The van der Waals surface area contributed by atoms with Crippen molar-refractivity contribution < 1.29 is 9.47 Å². The summed E-state index contributed by atoms with van der Waals surface area (Å²) in [5.74, 6) is 0.588. The summed E-state index contributed by atoms with van der Waals surface area (Å²) in [5.41, 5.74) is 0. The zero-order valence-corrected chi connectivity index (χ0v) is 6.09. The predicted octanol–water partition coefficient (Wildman–Crippen LogP) is 1.06. The molecular weight excluding hydrogens is 116 g/mol. The highest BCUT2D eigenvalue weighted by Gasteiger charge is 2.23. The molecule has 1 rings (SSSR count). The Morgan fingerprint density at radius 1 is 1.56 bits per heavy atom. The van der Waals surface area contributed by atoms with Gasteiger partial charge in [0.1, 0.15) is 0 Å². The van der Waals surface area contributed by atoms with E-state index >= 15 is 0 Å². The van der Waals surface area contributed by atoms with Crippen LogP contribution in [0.4, 0.5) is 0 Å². The van der Waals surface area contributed by atoms with E-state index in [1.807, 2.05) is 6.92 Å². The van der Waals surface area contributed by atoms with Gasteiger partial charge in [-0.25, -0.2) is 0 Å². The van der Waals surface area contributed by atoms with Crippen LogP contribution >= 0.6 is 0 Å². The van der Waals surface area contributed by atoms with Crippen LogP contribution in [0.25, 0.3) is 0 Å². The molecule has 2 nitrogen and oxygen atoms in total. The van der Waals surface area contributed by atoms with Crippen molar-refractivity contribution in [1.29, 1.82) is 0 Å². The lowest BCUT2D eigenvalue weighted by atomic mass is 10.1. The van der Waals surface area contributed by atoms with E-state index < -0.39 is 0 Å². The SMILES string of the molecule is CCO[C@@H]1COC[C@@H]1C. The first kappa shape index (κ1) is 7.03. The Morgan fingerprint density at radius 3 is 2.78 bits per heavy atom. The normalized spacial score (nSPS) is 35.3. The fraction of sp³-hybridized carbons (Fsp3) is 1.00. The molecule has 2 atom stereocenters. The second kappa shape index (κ2) is 3.18. The van der Waals surface area contributed by atoms with Crippen molar-refractivity contribution >= 4 is 0 Å². The maximum atomic E-state index is 5.39. The molecule has 0 aromatic rings. The van der Waals surface area contributed by atoms with Gasteiger partial charge in [-0.05, 0) is 6.92 Å². The summed E-state index contributed by atoms with van der Waals surface area (Å²) in [7, 11) is 0. The van der Waals surface area contributed by atoms with Crippen molar-refractivity contribution in [1.82, 2.24) is 0 Å². The number of hydrogen-bond donors (Lipinski definition) is 0. The van der Waals surface area contributed by atoms with Crippen LogP contribution in [-0.4, -0.2) is 25.9 Å². The zero-order chi connectivity index (χ0) is 6.69. The molecule has 1 aliphatic rings. The van der Waals surface area contributed by atoms with Gasteiger partial charge in [-0.15, -0.1) is 0 Å². The second-order valence-electron chi connectivity index (χ2n) is 2.51. The maximum Gasteiger partial charge on any atom is 0.0855 e. The largest absolute Gasteiger partial charge is 0.378 e. The van der Waals surface area contributed by atoms with Crippen molar-refractivity contribution in [3.63, 3.8) is 0 Å². The fourth-order valence-electron chi connectivity index (χ4n) is 1.07. The number of ether oxygens (including phenoxy) is 2. The van der Waals surface area contributed by atoms with Crippen LogP contribution < -0.4 is 0 Å². The van der Waals surface area contributed by atoms with Gasteiger partial charge >= 0.3 is 0 Å². The van der Waals surface area contributed by atoms with E-state index in [9.17, 15) is 0 Å². The lowest BCUT2D eigenvalue weighted by molar-refractivity contribution is 0.0371. The van der Waals surface area contributed by atoms with Gasteiger partial charge in [0.05, 0.1) is 19.3 Å². The summed E-state index contributed by atoms with van der Waals surface area (Å²) in [6, 6.07) is 0. The van der Waals surface area contributed by atoms with E-state index in [4.69, 9.17) is 9.47 Å². The fourth-order valence-corrected chi connectivity index (χ4v) is 1.07. The molecule has 0 saturated carbocycles. The topological polar surface area (TPSA) is 18.5 Å². The standard InChI is InChI=1S/C7H14O2/c1-3-9-7-5-8-4-6(7)2/h6-7H,3-5H2,1-2H3/t6-,7+/m0/s1. The molecular formula is C7H14O2. The first-order valence-electron chi connectivity index (χ1n) is 3.54. The minimum Gasteiger partial charge on any atom is -0.378 e. The molecule has 1 heterocycles. The minimum atomic E-state index is 0.356. The van der Waals surface area contributed by atoms with Gasteiger partial charge in [-0.2, -0.15) is 0 Å². The van der Waals surface area contributed by atoms with E-state index in [1.165, 1.54) is 0 Å². The smallest absolute Gasteiger partial charge is 0.0855 e. The van der Waals surface area contributed by atoms with E-state index in [2.05, 4.69) is 6.92 Å². The Labute approximate surface area is 56.2 Å². The lowest BCUT2D eigenvalue weighted by Gasteiger charge is -2.11. The van der Waals surface area contributed by atoms with E-state index in [0.29, 0.717) is 12.0 Å². The van der Waals surface area contributed by atoms with Crippen molar-refractivity contribution in [3.05, 3.63) is 0 Å². The van der Waals surface area contributed by atoms with Gasteiger partial charge in [0.15, 0.2) is 0 Å². The lowest BCUT2D eigenvalue weighted by Crippen LogP contribution is -2.19. The van der Waals surface area contributed by atoms with Crippen LogP contribution in [0.2, 0.25) is 0 Å². The van der Waals surface area contributed by atoms with Crippen LogP contribution in [-0.2, 0) is 9.47 Å². The van der Waals surface area contributed by atoms with Gasteiger partial charge in [-0.1, -0.05) is 6.92 Å². The van der Waals surface area contributed by atoms with Gasteiger partial charge in [0.25, 0.3) is 0 Å². The van der Waals surface area contributed by atoms with Crippen LogP contribution in [0.5, 0.6) is 0 Å². The molecule has 0 amide bonds. The molecule has 0 bridgehead atoms. The molecule has 1 aliphatic heterocycles. The van der Waals surface area contributed by atoms with E-state index in [1.54, 1.807) is 0 Å². The third-order valence-electron chi connectivity index (χ3n) is 1.68. The molecule has 0 radical (unpaired) electrons. The molecule has 1 saturated heterocycles. The molecule has 0 N–H and O–H groups in total. The predicted molar refractivity (Wildman–Crippen MR) is 35.4 cm³/mol. The van der Waals surface area contributed by atoms with Crippen molar-refractivity contribution in [2.24, 2.45) is 5.92 Å². The van der Waals surface area contributed by atoms with Gasteiger partial charge in [-0.3, -0.25) is 0 Å². The summed E-state index contributed by atoms with van der Waals surface area (Å²) in [6.07, 6.45) is 0.356. The molecule has 2 heteroatoms. The van der Waals surface area contributed by atoms with Crippen LogP contribution in [0.1, 0.15) is 13.8 Å². The molecule has 1 fully saturated rings. The minimum absolute atomic E-state index is 0.356. The Morgan fingerprint density at radius 2 is 2.33 bits per heavy atom. The number of rotatable bonds is 2. The summed E-state index contributed by atoms with van der Waals surface area (Å²) in [4.78, 5) is 0. The zero-order valence-electron chi connectivity index (χ0n) is 6.09. The Bertz CT molecular complexity index is 83.0. The maximum absolute atomic E-state index is 5.39. The van der Waals surface area contributed by atoms with Gasteiger partial charge in [0.2, 0.25) is 0 Å². The van der Waals surface area contributed by atoms with Gasteiger partial charge < -0.3 is 9.47 Å². The van der Waals surface area contributed by atoms with Crippen LogP contribution in [0.3, 0.4) is 0 Å². The Balaban J connectivity index is 2.22. The molecule has 0 aliphatic carbocycles. The van der Waals surface area contributed by atoms with Crippen LogP contribution in [0.15, 0.2) is 0 Å². The Kier molecular flexibility index (Phi) is 2.49. The summed E-state index contributed by atoms with van der Waals surface area (Å²) in [5, 5.41) is 0. The second-order valence-corrected chi connectivity index (χ2v) is 2.51. The Hall–Kier alpha value is -0.0800. The highest BCUT2D eigenvalue weighted by Crippen LogP contribution is 2.15. The third-order valence-corrected chi connectivity index (χ3v) is 1.68. The highest BCUT2D eigenvalue weighted by molar-refractivity contribution is 4.70. The third kappa shape index (κ3) is 1.66. The number of hydrogen-bond acceptors (Lipinski definition) is 2. The first-order chi connectivity index (χ1) is 4.34. The molecule has 9 heavy (non-hydrogen) atoms. The summed E-state index contributed by atoms with van der Waals surface area (Å²) < 4.78 is 10.6.